The van der Waals surface area contributed by atoms with Gasteiger partial charge in [0, 0.05) is 13.7 Å². The van der Waals surface area contributed by atoms with E-state index in [2.05, 4.69) is 11.1 Å². The zero-order valence-electron chi connectivity index (χ0n) is 7.19. The van der Waals surface area contributed by atoms with Crippen LogP contribution in [-0.4, -0.2) is 16.2 Å². The highest BCUT2D eigenvalue weighted by molar-refractivity contribution is 5.10. The molecule has 1 rings (SSSR count). The number of ether oxygens (including phenoxy) is 1. The van der Waals surface area contributed by atoms with Crippen molar-refractivity contribution in [2.24, 2.45) is 7.05 Å². The number of hydrogen-bond acceptors (Lipinski definition) is 3. The first-order valence-electron chi connectivity index (χ1n) is 3.77. The summed E-state index contributed by atoms with van der Waals surface area (Å²) >= 11 is 0. The van der Waals surface area contributed by atoms with Crippen LogP contribution in [0.15, 0.2) is 12.5 Å². The maximum absolute atomic E-state index is 8.74. The summed E-state index contributed by atoms with van der Waals surface area (Å²) in [6.07, 6.45) is 2.80. The van der Waals surface area contributed by atoms with E-state index < -0.39 is 6.10 Å². The third-order valence-corrected chi connectivity index (χ3v) is 1.57. The van der Waals surface area contributed by atoms with Crippen LogP contribution >= 0.6 is 0 Å². The van der Waals surface area contributed by atoms with E-state index in [0.29, 0.717) is 6.61 Å². The second-order valence-electron chi connectivity index (χ2n) is 2.39. The van der Waals surface area contributed by atoms with E-state index in [9.17, 15) is 0 Å². The van der Waals surface area contributed by atoms with E-state index in [-0.39, 0.29) is 0 Å². The summed E-state index contributed by atoms with van der Waals surface area (Å²) in [6.45, 7) is 2.39. The van der Waals surface area contributed by atoms with Gasteiger partial charge in [0.05, 0.1) is 18.2 Å². The molecule has 0 saturated heterocycles. The van der Waals surface area contributed by atoms with Gasteiger partial charge >= 0.3 is 0 Å². The van der Waals surface area contributed by atoms with Gasteiger partial charge in [0.15, 0.2) is 6.10 Å². The minimum Gasteiger partial charge on any atom is -0.357 e. The minimum atomic E-state index is -0.498. The molecule has 12 heavy (non-hydrogen) atoms. The number of aromatic nitrogens is 2. The van der Waals surface area contributed by atoms with Crippen molar-refractivity contribution < 1.29 is 4.74 Å². The second-order valence-corrected chi connectivity index (χ2v) is 2.39. The van der Waals surface area contributed by atoms with Gasteiger partial charge in [0.1, 0.15) is 6.07 Å². The van der Waals surface area contributed by atoms with Crippen molar-refractivity contribution in [3.05, 3.63) is 18.2 Å². The fourth-order valence-electron chi connectivity index (χ4n) is 0.976. The van der Waals surface area contributed by atoms with Gasteiger partial charge in [-0.3, -0.25) is 0 Å². The summed E-state index contributed by atoms with van der Waals surface area (Å²) < 4.78 is 6.98. The lowest BCUT2D eigenvalue weighted by Gasteiger charge is -2.08. The summed E-state index contributed by atoms with van der Waals surface area (Å²) in [5.74, 6) is 0. The van der Waals surface area contributed by atoms with Gasteiger partial charge in [-0.25, -0.2) is 4.98 Å². The third kappa shape index (κ3) is 1.63. The van der Waals surface area contributed by atoms with Crippen LogP contribution in [0.1, 0.15) is 18.7 Å². The highest BCUT2D eigenvalue weighted by Gasteiger charge is 2.12. The topological polar surface area (TPSA) is 50.8 Å². The Labute approximate surface area is 71.4 Å². The van der Waals surface area contributed by atoms with Crippen LogP contribution in [0.2, 0.25) is 0 Å². The van der Waals surface area contributed by atoms with Gasteiger partial charge in [0.2, 0.25) is 0 Å². The molecule has 1 unspecified atom stereocenters. The lowest BCUT2D eigenvalue weighted by Crippen LogP contribution is -2.06. The predicted molar refractivity (Wildman–Crippen MR) is 43.2 cm³/mol. The molecule has 0 fully saturated rings. The molecule has 4 nitrogen and oxygen atoms in total. The van der Waals surface area contributed by atoms with Crippen LogP contribution in [0.3, 0.4) is 0 Å². The van der Waals surface area contributed by atoms with Gasteiger partial charge in [-0.15, -0.1) is 0 Å². The molecule has 0 radical (unpaired) electrons. The van der Waals surface area contributed by atoms with Crippen molar-refractivity contribution in [3.63, 3.8) is 0 Å². The second kappa shape index (κ2) is 3.88. The molecular weight excluding hydrogens is 154 g/mol. The fourth-order valence-corrected chi connectivity index (χ4v) is 0.976. The number of imidazole rings is 1. The molecule has 0 amide bonds. The van der Waals surface area contributed by atoms with Crippen molar-refractivity contribution in [1.82, 2.24) is 9.55 Å². The monoisotopic (exact) mass is 165 g/mol. The van der Waals surface area contributed by atoms with E-state index in [4.69, 9.17) is 10.00 Å². The summed E-state index contributed by atoms with van der Waals surface area (Å²) in [5, 5.41) is 8.74. The van der Waals surface area contributed by atoms with Gasteiger partial charge in [0.25, 0.3) is 0 Å². The van der Waals surface area contributed by atoms with E-state index in [1.54, 1.807) is 17.1 Å². The molecule has 0 aliphatic heterocycles. The third-order valence-electron chi connectivity index (χ3n) is 1.57. The van der Waals surface area contributed by atoms with Crippen LogP contribution in [-0.2, 0) is 11.8 Å². The van der Waals surface area contributed by atoms with Crippen LogP contribution in [0.4, 0.5) is 0 Å². The SMILES string of the molecule is CCOC(C#N)c1cncn1C. The molecule has 0 bridgehead atoms. The lowest BCUT2D eigenvalue weighted by atomic mass is 10.3. The Bertz CT molecular complexity index is 287. The van der Waals surface area contributed by atoms with Crippen LogP contribution in [0.25, 0.3) is 0 Å². The largest absolute Gasteiger partial charge is 0.357 e. The van der Waals surface area contributed by atoms with Crippen LogP contribution < -0.4 is 0 Å². The normalized spacial score (nSPS) is 12.4. The number of rotatable bonds is 3. The standard InChI is InChI=1S/C8H11N3O/c1-3-12-8(4-9)7-5-10-6-11(7)2/h5-6,8H,3H2,1-2H3. The molecule has 0 aromatic carbocycles. The number of nitriles is 1. The van der Waals surface area contributed by atoms with Gasteiger partial charge < -0.3 is 9.30 Å². The maximum Gasteiger partial charge on any atom is 0.185 e. The van der Waals surface area contributed by atoms with Crippen LogP contribution in [0, 0.1) is 11.3 Å². The average molecular weight is 165 g/mol. The molecular formula is C8H11N3O. The average Bonchev–Trinajstić information content (AvgIpc) is 2.47. The molecule has 0 spiro atoms. The fraction of sp³-hybridized carbons (Fsp3) is 0.500. The quantitative estimate of drug-likeness (QED) is 0.671. The Hall–Kier alpha value is -1.34. The Morgan fingerprint density at radius 2 is 2.58 bits per heavy atom. The molecule has 64 valence electrons. The van der Waals surface area contributed by atoms with E-state index in [1.165, 1.54) is 0 Å². The first-order valence-corrected chi connectivity index (χ1v) is 3.77. The Morgan fingerprint density at radius 3 is 3.00 bits per heavy atom. The number of nitrogens with zero attached hydrogens (tertiary/aromatic N) is 3. The highest BCUT2D eigenvalue weighted by Crippen LogP contribution is 2.14. The van der Waals surface area contributed by atoms with E-state index in [1.807, 2.05) is 14.0 Å². The summed E-state index contributed by atoms with van der Waals surface area (Å²) in [7, 11) is 1.84. The van der Waals surface area contributed by atoms with Crippen molar-refractivity contribution >= 4 is 0 Å². The molecule has 0 saturated carbocycles. The summed E-state index contributed by atoms with van der Waals surface area (Å²) in [6, 6.07) is 2.06. The van der Waals surface area contributed by atoms with Crippen molar-refractivity contribution in [2.75, 3.05) is 6.61 Å². The number of aryl methyl sites for hydroxylation is 1. The minimum absolute atomic E-state index is 0.498. The Kier molecular flexibility index (Phi) is 2.83. The Morgan fingerprint density at radius 1 is 1.83 bits per heavy atom. The molecule has 4 heteroatoms. The Balaban J connectivity index is 2.81. The first kappa shape index (κ1) is 8.75. The molecule has 1 heterocycles. The molecule has 0 N–H and O–H groups in total. The first-order chi connectivity index (χ1) is 5.79. The van der Waals surface area contributed by atoms with Crippen molar-refractivity contribution in [3.8, 4) is 6.07 Å². The van der Waals surface area contributed by atoms with E-state index in [0.717, 1.165) is 5.69 Å². The van der Waals surface area contributed by atoms with Gasteiger partial charge in [-0.2, -0.15) is 5.26 Å². The molecule has 1 aromatic heterocycles. The molecule has 0 aliphatic carbocycles. The number of hydrogen-bond donors (Lipinski definition) is 0. The summed E-state index contributed by atoms with van der Waals surface area (Å²) in [4.78, 5) is 3.90. The van der Waals surface area contributed by atoms with E-state index >= 15 is 0 Å². The predicted octanol–water partition coefficient (Wildman–Crippen LogP) is 1.02. The maximum atomic E-state index is 8.74. The zero-order valence-corrected chi connectivity index (χ0v) is 7.19. The molecule has 1 atom stereocenters. The van der Waals surface area contributed by atoms with Crippen LogP contribution in [0.5, 0.6) is 0 Å². The zero-order chi connectivity index (χ0) is 8.97. The summed E-state index contributed by atoms with van der Waals surface area (Å²) in [5.41, 5.74) is 0.791. The van der Waals surface area contributed by atoms with Crippen molar-refractivity contribution in [2.45, 2.75) is 13.0 Å². The highest BCUT2D eigenvalue weighted by atomic mass is 16.5. The van der Waals surface area contributed by atoms with Gasteiger partial charge in [-0.1, -0.05) is 0 Å². The molecule has 0 aliphatic rings. The van der Waals surface area contributed by atoms with Crippen molar-refractivity contribution in [1.29, 1.82) is 5.26 Å². The van der Waals surface area contributed by atoms with Gasteiger partial charge in [-0.05, 0) is 6.92 Å². The smallest absolute Gasteiger partial charge is 0.185 e. The molecule has 1 aromatic rings. The lowest BCUT2D eigenvalue weighted by molar-refractivity contribution is 0.0970.